The molecule has 220 valence electrons. The number of hydrogen-bond donors (Lipinski definition) is 0. The van der Waals surface area contributed by atoms with Gasteiger partial charge in [0, 0.05) is 37.6 Å². The highest BCUT2D eigenvalue weighted by Gasteiger charge is 2.36. The van der Waals surface area contributed by atoms with Crippen molar-refractivity contribution in [3.05, 3.63) is 0 Å². The second kappa shape index (κ2) is 18.2. The largest absolute Gasteiger partial charge is 0.466 e. The van der Waals surface area contributed by atoms with Crippen LogP contribution in [-0.4, -0.2) is 72.3 Å². The molecule has 38 heavy (non-hydrogen) atoms. The van der Waals surface area contributed by atoms with Gasteiger partial charge < -0.3 is 18.9 Å². The first-order valence-electron chi connectivity index (χ1n) is 14.5. The van der Waals surface area contributed by atoms with Crippen molar-refractivity contribution >= 4 is 23.9 Å². The molecule has 0 aromatic heterocycles. The van der Waals surface area contributed by atoms with Crippen molar-refractivity contribution in [3.8, 4) is 0 Å². The fourth-order valence-corrected chi connectivity index (χ4v) is 4.66. The summed E-state index contributed by atoms with van der Waals surface area (Å²) in [6.45, 7) is 13.5. The van der Waals surface area contributed by atoms with Gasteiger partial charge in [-0.15, -0.1) is 0 Å². The number of piperidine rings is 1. The highest BCUT2D eigenvalue weighted by Crippen LogP contribution is 2.27. The molecule has 0 unspecified atom stereocenters. The Morgan fingerprint density at radius 3 is 1.97 bits per heavy atom. The summed E-state index contributed by atoms with van der Waals surface area (Å²) in [7, 11) is 0. The van der Waals surface area contributed by atoms with Gasteiger partial charge in [-0.2, -0.15) is 0 Å². The molecule has 1 heterocycles. The number of hydrogen-bond acceptors (Lipinski definition) is 9. The lowest BCUT2D eigenvalue weighted by Crippen LogP contribution is -2.47. The standard InChI is InChI=1S/C29H51NO8/c1-7-13-24(31)35-21-17-23(37-25(32)14-8-2)28(38-26(33)15-9-3)22(4)36-27(34)16-12-20-30-19-11-10-18-29(30,5)6/h22-23,28H,7-21H2,1-6H3/t22-,23+,28+/m0/s1. The average molecular weight is 542 g/mol. The van der Waals surface area contributed by atoms with E-state index in [-0.39, 0.29) is 50.2 Å². The molecule has 1 aliphatic rings. The van der Waals surface area contributed by atoms with Crippen molar-refractivity contribution in [2.24, 2.45) is 0 Å². The molecule has 3 atom stereocenters. The molecule has 9 nitrogen and oxygen atoms in total. The van der Waals surface area contributed by atoms with E-state index in [2.05, 4.69) is 18.7 Å². The molecule has 0 N–H and O–H groups in total. The Hall–Kier alpha value is -2.16. The Morgan fingerprint density at radius 1 is 0.789 bits per heavy atom. The maximum absolute atomic E-state index is 12.7. The van der Waals surface area contributed by atoms with E-state index in [0.29, 0.717) is 25.7 Å². The Kier molecular flexibility index (Phi) is 16.2. The minimum atomic E-state index is -1.01. The molecule has 0 amide bonds. The predicted octanol–water partition coefficient (Wildman–Crippen LogP) is 5.12. The molecule has 1 aliphatic heterocycles. The quantitative estimate of drug-likeness (QED) is 0.172. The molecule has 0 aromatic carbocycles. The van der Waals surface area contributed by atoms with Crippen molar-refractivity contribution in [2.45, 2.75) is 142 Å². The van der Waals surface area contributed by atoms with E-state index in [0.717, 1.165) is 19.5 Å². The zero-order valence-electron chi connectivity index (χ0n) is 24.6. The lowest BCUT2D eigenvalue weighted by Gasteiger charge is -2.42. The van der Waals surface area contributed by atoms with Crippen LogP contribution in [-0.2, 0) is 38.1 Å². The number of likely N-dealkylation sites (tertiary alicyclic amines) is 1. The monoisotopic (exact) mass is 541 g/mol. The van der Waals surface area contributed by atoms with Gasteiger partial charge in [0.1, 0.15) is 12.2 Å². The second-order valence-corrected chi connectivity index (χ2v) is 10.8. The SMILES string of the molecule is CCCC(=O)OCC[C@@H](OC(=O)CCC)[C@H](OC(=O)CCC)[C@H](C)OC(=O)CCCN1CCCCC1(C)C. The van der Waals surface area contributed by atoms with Gasteiger partial charge in [0.15, 0.2) is 6.10 Å². The van der Waals surface area contributed by atoms with Crippen LogP contribution in [0.3, 0.4) is 0 Å². The average Bonchev–Trinajstić information content (AvgIpc) is 2.83. The van der Waals surface area contributed by atoms with Crippen LogP contribution in [0.2, 0.25) is 0 Å². The first kappa shape index (κ1) is 33.9. The number of carbonyl (C=O) groups is 4. The van der Waals surface area contributed by atoms with Crippen LogP contribution in [0.15, 0.2) is 0 Å². The van der Waals surface area contributed by atoms with Gasteiger partial charge >= 0.3 is 23.9 Å². The molecule has 0 aliphatic carbocycles. The molecule has 1 saturated heterocycles. The molecular formula is C29H51NO8. The summed E-state index contributed by atoms with van der Waals surface area (Å²) in [5.41, 5.74) is 0.129. The van der Waals surface area contributed by atoms with Crippen LogP contribution in [0, 0.1) is 0 Å². The number of ether oxygens (including phenoxy) is 4. The van der Waals surface area contributed by atoms with Crippen LogP contribution in [0.25, 0.3) is 0 Å². The van der Waals surface area contributed by atoms with E-state index < -0.39 is 36.2 Å². The molecule has 9 heteroatoms. The number of carbonyl (C=O) groups excluding carboxylic acids is 4. The summed E-state index contributed by atoms with van der Waals surface area (Å²) in [5.74, 6) is -1.65. The van der Waals surface area contributed by atoms with Crippen LogP contribution in [0.1, 0.15) is 119 Å². The maximum atomic E-state index is 12.7. The lowest BCUT2D eigenvalue weighted by atomic mass is 9.90. The van der Waals surface area contributed by atoms with E-state index in [1.165, 1.54) is 12.8 Å². The van der Waals surface area contributed by atoms with Crippen molar-refractivity contribution in [1.29, 1.82) is 0 Å². The maximum Gasteiger partial charge on any atom is 0.306 e. The van der Waals surface area contributed by atoms with E-state index in [1.807, 2.05) is 20.8 Å². The minimum absolute atomic E-state index is 0.00296. The topological polar surface area (TPSA) is 108 Å². The second-order valence-electron chi connectivity index (χ2n) is 10.8. The van der Waals surface area contributed by atoms with Gasteiger partial charge in [-0.25, -0.2) is 0 Å². The Morgan fingerprint density at radius 2 is 1.37 bits per heavy atom. The van der Waals surface area contributed by atoms with Gasteiger partial charge in [-0.1, -0.05) is 27.2 Å². The third-order valence-electron chi connectivity index (χ3n) is 6.86. The van der Waals surface area contributed by atoms with Crippen molar-refractivity contribution in [2.75, 3.05) is 19.7 Å². The zero-order valence-corrected chi connectivity index (χ0v) is 24.6. The van der Waals surface area contributed by atoms with Crippen LogP contribution in [0.4, 0.5) is 0 Å². The Bertz CT molecular complexity index is 738. The normalized spacial score (nSPS) is 17.6. The molecule has 1 fully saturated rings. The smallest absolute Gasteiger partial charge is 0.306 e. The fourth-order valence-electron chi connectivity index (χ4n) is 4.66. The molecule has 0 bridgehead atoms. The Labute approximate surface area is 229 Å². The van der Waals surface area contributed by atoms with Crippen molar-refractivity contribution in [3.63, 3.8) is 0 Å². The summed E-state index contributed by atoms with van der Waals surface area (Å²) in [4.78, 5) is 51.8. The van der Waals surface area contributed by atoms with Gasteiger partial charge in [0.25, 0.3) is 0 Å². The van der Waals surface area contributed by atoms with Crippen LogP contribution >= 0.6 is 0 Å². The number of nitrogens with zero attached hydrogens (tertiary/aromatic N) is 1. The van der Waals surface area contributed by atoms with Gasteiger partial charge in [-0.05, 0) is 72.4 Å². The predicted molar refractivity (Wildman–Crippen MR) is 144 cm³/mol. The summed E-state index contributed by atoms with van der Waals surface area (Å²) in [5, 5.41) is 0. The highest BCUT2D eigenvalue weighted by atomic mass is 16.6. The third kappa shape index (κ3) is 13.1. The number of rotatable bonds is 18. The summed E-state index contributed by atoms with van der Waals surface area (Å²) >= 11 is 0. The summed E-state index contributed by atoms with van der Waals surface area (Å²) in [6, 6.07) is 0. The van der Waals surface area contributed by atoms with Gasteiger partial charge in [0.2, 0.25) is 0 Å². The van der Waals surface area contributed by atoms with Crippen LogP contribution in [0.5, 0.6) is 0 Å². The lowest BCUT2D eigenvalue weighted by molar-refractivity contribution is -0.186. The molecule has 0 saturated carbocycles. The van der Waals surface area contributed by atoms with Crippen molar-refractivity contribution < 1.29 is 38.1 Å². The molecular weight excluding hydrogens is 490 g/mol. The van der Waals surface area contributed by atoms with E-state index in [4.69, 9.17) is 18.9 Å². The zero-order chi connectivity index (χ0) is 28.6. The summed E-state index contributed by atoms with van der Waals surface area (Å²) in [6.07, 6.45) is 4.30. The number of esters is 4. The highest BCUT2D eigenvalue weighted by molar-refractivity contribution is 5.71. The minimum Gasteiger partial charge on any atom is -0.466 e. The van der Waals surface area contributed by atoms with E-state index in [1.54, 1.807) is 6.92 Å². The van der Waals surface area contributed by atoms with Crippen LogP contribution < -0.4 is 0 Å². The van der Waals surface area contributed by atoms with Gasteiger partial charge in [0.05, 0.1) is 6.61 Å². The molecule has 0 aromatic rings. The van der Waals surface area contributed by atoms with E-state index in [9.17, 15) is 19.2 Å². The molecule has 0 radical (unpaired) electrons. The first-order valence-corrected chi connectivity index (χ1v) is 14.5. The summed E-state index contributed by atoms with van der Waals surface area (Å²) < 4.78 is 22.3. The first-order chi connectivity index (χ1) is 18.0. The van der Waals surface area contributed by atoms with Gasteiger partial charge in [-0.3, -0.25) is 24.1 Å². The third-order valence-corrected chi connectivity index (χ3v) is 6.86. The molecule has 0 spiro atoms. The Balaban J connectivity index is 2.86. The molecule has 1 rings (SSSR count). The van der Waals surface area contributed by atoms with E-state index >= 15 is 0 Å². The fraction of sp³-hybridized carbons (Fsp3) is 0.862. The van der Waals surface area contributed by atoms with Crippen molar-refractivity contribution in [1.82, 2.24) is 4.90 Å².